The van der Waals surface area contributed by atoms with Gasteiger partial charge in [-0.05, 0) is 37.5 Å². The molecule has 258 valence electrons. The van der Waals surface area contributed by atoms with E-state index in [4.69, 9.17) is 18.9 Å². The Morgan fingerprint density at radius 1 is 0.756 bits per heavy atom. The molecule has 3 N–H and O–H groups in total. The summed E-state index contributed by atoms with van der Waals surface area (Å²) in [6.07, 6.45) is 0.357. The second kappa shape index (κ2) is 18.7. The van der Waals surface area contributed by atoms with Crippen molar-refractivity contribution < 1.29 is 47.7 Å². The Labute approximate surface area is 267 Å². The first-order valence-corrected chi connectivity index (χ1v) is 15.7. The zero-order valence-corrected chi connectivity index (χ0v) is 28.7. The van der Waals surface area contributed by atoms with Gasteiger partial charge in [-0.1, -0.05) is 54.9 Å². The van der Waals surface area contributed by atoms with E-state index in [9.17, 15) is 28.8 Å². The van der Waals surface area contributed by atoms with Crippen LogP contribution in [0.3, 0.4) is 0 Å². The van der Waals surface area contributed by atoms with Gasteiger partial charge in [0.2, 0.25) is 0 Å². The lowest BCUT2D eigenvalue weighted by Gasteiger charge is -2.35. The van der Waals surface area contributed by atoms with Gasteiger partial charge in [-0.15, -0.1) is 0 Å². The number of carbonyl (C=O) groups excluding carboxylic acids is 6. The number of hydrogen-bond acceptors (Lipinski definition) is 10. The first-order valence-electron chi connectivity index (χ1n) is 15.7. The summed E-state index contributed by atoms with van der Waals surface area (Å²) < 4.78 is 19.7. The Kier molecular flexibility index (Phi) is 16.5. The summed E-state index contributed by atoms with van der Waals surface area (Å²) in [6, 6.07) is -2.48. The summed E-state index contributed by atoms with van der Waals surface area (Å²) in [6.45, 7) is 13.3. The van der Waals surface area contributed by atoms with E-state index in [0.29, 0.717) is 38.9 Å². The summed E-state index contributed by atoms with van der Waals surface area (Å²) >= 11 is 0. The van der Waals surface area contributed by atoms with Crippen molar-refractivity contribution in [2.45, 2.75) is 98.7 Å². The van der Waals surface area contributed by atoms with Crippen LogP contribution >= 0.6 is 0 Å². The number of carbonyl (C=O) groups is 6. The Hall–Kier alpha value is -3.22. The second-order valence-electron chi connectivity index (χ2n) is 13.2. The van der Waals surface area contributed by atoms with Crippen LogP contribution in [-0.2, 0) is 33.3 Å². The molecule has 13 nitrogen and oxygen atoms in total. The summed E-state index contributed by atoms with van der Waals surface area (Å²) in [4.78, 5) is 76.5. The third kappa shape index (κ3) is 12.2. The quantitative estimate of drug-likeness (QED) is 0.185. The number of nitrogens with one attached hydrogen (secondary N) is 3. The van der Waals surface area contributed by atoms with Crippen molar-refractivity contribution in [1.82, 2.24) is 16.0 Å². The molecule has 45 heavy (non-hydrogen) atoms. The number of hydrogen-bond donors (Lipinski definition) is 3. The highest BCUT2D eigenvalue weighted by atomic mass is 16.5. The van der Waals surface area contributed by atoms with Gasteiger partial charge in [0.1, 0.15) is 0 Å². The highest BCUT2D eigenvalue weighted by Gasteiger charge is 2.41. The number of amides is 3. The van der Waals surface area contributed by atoms with Crippen LogP contribution in [0.25, 0.3) is 0 Å². The maximum Gasteiger partial charge on any atom is 0.407 e. The van der Waals surface area contributed by atoms with Crippen LogP contribution in [0.4, 0.5) is 14.4 Å². The van der Waals surface area contributed by atoms with E-state index in [-0.39, 0.29) is 47.4 Å². The van der Waals surface area contributed by atoms with Crippen LogP contribution in [-0.4, -0.2) is 88.3 Å². The number of ketones is 3. The molecule has 7 unspecified atom stereocenters. The fourth-order valence-corrected chi connectivity index (χ4v) is 5.92. The van der Waals surface area contributed by atoms with Crippen molar-refractivity contribution in [1.29, 1.82) is 0 Å². The van der Waals surface area contributed by atoms with Gasteiger partial charge in [0, 0.05) is 29.8 Å². The lowest BCUT2D eigenvalue weighted by Crippen LogP contribution is -2.52. The number of alkyl carbamates (subject to hydrolysis) is 3. The molecule has 1 aliphatic rings. The van der Waals surface area contributed by atoms with Crippen molar-refractivity contribution in [3.63, 3.8) is 0 Å². The Balaban J connectivity index is 3.02. The van der Waals surface area contributed by atoms with Crippen molar-refractivity contribution in [2.75, 3.05) is 34.5 Å². The number of rotatable bonds is 18. The highest BCUT2D eigenvalue weighted by Crippen LogP contribution is 2.33. The molecule has 1 fully saturated rings. The molecule has 13 heteroatoms. The zero-order valence-electron chi connectivity index (χ0n) is 28.7. The molecule has 1 saturated heterocycles. The summed E-state index contributed by atoms with van der Waals surface area (Å²) in [5.74, 6) is -2.13. The second-order valence-corrected chi connectivity index (χ2v) is 13.2. The van der Waals surface area contributed by atoms with Gasteiger partial charge in [0.15, 0.2) is 17.3 Å². The molecule has 1 aliphatic heterocycles. The monoisotopic (exact) mass is 641 g/mol. The normalized spacial score (nSPS) is 18.9. The summed E-state index contributed by atoms with van der Waals surface area (Å²) in [5.41, 5.74) is -0.994. The predicted molar refractivity (Wildman–Crippen MR) is 167 cm³/mol. The van der Waals surface area contributed by atoms with Crippen molar-refractivity contribution in [2.24, 2.45) is 35.0 Å². The molecule has 0 radical (unpaired) electrons. The minimum absolute atomic E-state index is 0.106. The van der Waals surface area contributed by atoms with Gasteiger partial charge in [0.05, 0.1) is 46.1 Å². The van der Waals surface area contributed by atoms with Gasteiger partial charge >= 0.3 is 18.3 Å². The maximum atomic E-state index is 14.0. The topological polar surface area (TPSA) is 175 Å². The number of Topliss-reactive ketones (excluding diaryl/α,β-unsaturated/α-hetero) is 3. The standard InChI is InChI=1S/C32H55N3O10/c1-18(2)26(36)23(33-29(39)42-8)21(5)16-32(6,7)28(38)24(34-30(40)43-9)19(3)12-11-13-20(4)27(37)25(35-31(41)44-10)22-14-15-45-17-22/h18-25H,11-17H2,1-10H3,(H,33,39)(H,34,40)(H,35,41). The van der Waals surface area contributed by atoms with Gasteiger partial charge in [-0.3, -0.25) is 14.4 Å². The Morgan fingerprint density at radius 2 is 1.29 bits per heavy atom. The molecule has 7 atom stereocenters. The smallest absolute Gasteiger partial charge is 0.407 e. The lowest BCUT2D eigenvalue weighted by atomic mass is 9.72. The SMILES string of the molecule is COC(=O)NC(C(=O)C(C)C)C(C)CC(C)(C)C(=O)C(NC(=O)OC)C(C)CCCC(C)C(=O)C(NC(=O)OC)C1CCOC1. The van der Waals surface area contributed by atoms with Crippen molar-refractivity contribution in [3.8, 4) is 0 Å². The van der Waals surface area contributed by atoms with E-state index >= 15 is 0 Å². The van der Waals surface area contributed by atoms with Gasteiger partial charge in [0.25, 0.3) is 0 Å². The third-order valence-corrected chi connectivity index (χ3v) is 8.70. The lowest BCUT2D eigenvalue weighted by molar-refractivity contribution is -0.132. The molecule has 0 spiro atoms. The van der Waals surface area contributed by atoms with Crippen molar-refractivity contribution >= 4 is 35.6 Å². The number of ether oxygens (including phenoxy) is 4. The Morgan fingerprint density at radius 3 is 1.78 bits per heavy atom. The average molecular weight is 642 g/mol. The van der Waals surface area contributed by atoms with Gasteiger partial charge in [-0.2, -0.15) is 0 Å². The van der Waals surface area contributed by atoms with Gasteiger partial charge < -0.3 is 34.9 Å². The van der Waals surface area contributed by atoms with Gasteiger partial charge in [-0.25, -0.2) is 14.4 Å². The molecule has 0 aromatic carbocycles. The third-order valence-electron chi connectivity index (χ3n) is 8.70. The van der Waals surface area contributed by atoms with E-state index in [0.717, 1.165) is 0 Å². The van der Waals surface area contributed by atoms with E-state index < -0.39 is 47.7 Å². The van der Waals surface area contributed by atoms with Crippen LogP contribution < -0.4 is 16.0 Å². The molecule has 0 aliphatic carbocycles. The highest BCUT2D eigenvalue weighted by molar-refractivity contribution is 5.92. The first-order chi connectivity index (χ1) is 21.0. The fourth-order valence-electron chi connectivity index (χ4n) is 5.92. The minimum Gasteiger partial charge on any atom is -0.453 e. The zero-order chi connectivity index (χ0) is 34.5. The molecule has 1 heterocycles. The van der Waals surface area contributed by atoms with Crippen molar-refractivity contribution in [3.05, 3.63) is 0 Å². The number of methoxy groups -OCH3 is 3. The van der Waals surface area contributed by atoms with E-state index in [2.05, 4.69) is 16.0 Å². The predicted octanol–water partition coefficient (Wildman–Crippen LogP) is 4.05. The molecule has 0 bridgehead atoms. The van der Waals surface area contributed by atoms with E-state index in [1.807, 2.05) is 13.8 Å². The molecule has 0 saturated carbocycles. The van der Waals surface area contributed by atoms with Crippen LogP contribution in [0.1, 0.15) is 80.6 Å². The van der Waals surface area contributed by atoms with Crippen LogP contribution in [0, 0.1) is 35.0 Å². The molecular weight excluding hydrogens is 586 g/mol. The largest absolute Gasteiger partial charge is 0.453 e. The molecule has 0 aromatic rings. The average Bonchev–Trinajstić information content (AvgIpc) is 3.53. The molecule has 1 rings (SSSR count). The van der Waals surface area contributed by atoms with E-state index in [1.165, 1.54) is 21.3 Å². The molecule has 3 amide bonds. The molecular formula is C32H55N3O10. The van der Waals surface area contributed by atoms with E-state index in [1.54, 1.807) is 34.6 Å². The minimum atomic E-state index is -0.994. The van der Waals surface area contributed by atoms with Crippen LogP contribution in [0.5, 0.6) is 0 Å². The fraction of sp³-hybridized carbons (Fsp3) is 0.812. The first kappa shape index (κ1) is 39.8. The summed E-state index contributed by atoms with van der Waals surface area (Å²) in [7, 11) is 3.68. The summed E-state index contributed by atoms with van der Waals surface area (Å²) in [5, 5.41) is 7.97. The maximum absolute atomic E-state index is 14.0. The molecule has 0 aromatic heterocycles. The van der Waals surface area contributed by atoms with Crippen LogP contribution in [0.15, 0.2) is 0 Å². The van der Waals surface area contributed by atoms with Crippen LogP contribution in [0.2, 0.25) is 0 Å². The Bertz CT molecular complexity index is 1020.